The van der Waals surface area contributed by atoms with Gasteiger partial charge in [-0.1, -0.05) is 6.08 Å². The maximum Gasteiger partial charge on any atom is 0.335 e. The van der Waals surface area contributed by atoms with Crippen LogP contribution < -0.4 is 4.90 Å². The van der Waals surface area contributed by atoms with E-state index in [1.165, 1.54) is 47.4 Å². The Morgan fingerprint density at radius 1 is 1.38 bits per heavy atom. The smallest absolute Gasteiger partial charge is 0.335 e. The second kappa shape index (κ2) is 9.21. The van der Waals surface area contributed by atoms with E-state index in [4.69, 9.17) is 9.47 Å². The van der Waals surface area contributed by atoms with Crippen LogP contribution in [-0.4, -0.2) is 29.6 Å². The Kier molecular flexibility index (Phi) is 6.99. The van der Waals surface area contributed by atoms with Crippen LogP contribution in [0.5, 0.6) is 0 Å². The van der Waals surface area contributed by atoms with E-state index in [-0.39, 0.29) is 19.1 Å². The van der Waals surface area contributed by atoms with Gasteiger partial charge in [0.2, 0.25) is 5.91 Å². The average molecular weight is 378 g/mol. The predicted molar refractivity (Wildman–Crippen MR) is 96.7 cm³/mol. The number of halogens is 1. The lowest BCUT2D eigenvalue weighted by Gasteiger charge is -2.17. The van der Waals surface area contributed by atoms with Gasteiger partial charge in [0.05, 0.1) is 18.0 Å². The molecule has 26 heavy (non-hydrogen) atoms. The van der Waals surface area contributed by atoms with Crippen LogP contribution in [-0.2, 0) is 25.7 Å². The van der Waals surface area contributed by atoms with Crippen LogP contribution in [0.15, 0.2) is 42.3 Å². The number of amides is 1. The summed E-state index contributed by atoms with van der Waals surface area (Å²) in [6, 6.07) is 5.53. The molecule has 0 saturated carbocycles. The van der Waals surface area contributed by atoms with Gasteiger partial charge in [0.25, 0.3) is 0 Å². The molecule has 0 radical (unpaired) electrons. The fourth-order valence-corrected chi connectivity index (χ4v) is 2.90. The van der Waals surface area contributed by atoms with E-state index in [1.807, 2.05) is 0 Å². The van der Waals surface area contributed by atoms with E-state index in [1.54, 1.807) is 18.4 Å². The Hall–Kier alpha value is -2.58. The molecule has 0 saturated heterocycles. The summed E-state index contributed by atoms with van der Waals surface area (Å²) < 4.78 is 23.4. The second-order valence-electron chi connectivity index (χ2n) is 5.32. The van der Waals surface area contributed by atoms with Crippen molar-refractivity contribution in [3.63, 3.8) is 0 Å². The van der Waals surface area contributed by atoms with Crippen molar-refractivity contribution in [2.75, 3.05) is 11.5 Å². The quantitative estimate of drug-likeness (QED) is 0.519. The van der Waals surface area contributed by atoms with Gasteiger partial charge in [-0.05, 0) is 31.2 Å². The number of benzene rings is 1. The zero-order chi connectivity index (χ0) is 19.1. The van der Waals surface area contributed by atoms with Crippen molar-refractivity contribution in [1.82, 2.24) is 4.98 Å². The zero-order valence-electron chi connectivity index (χ0n) is 14.5. The highest BCUT2D eigenvalue weighted by atomic mass is 32.1. The van der Waals surface area contributed by atoms with Gasteiger partial charge >= 0.3 is 5.97 Å². The molecule has 2 aromatic rings. The van der Waals surface area contributed by atoms with Crippen molar-refractivity contribution in [2.24, 2.45) is 0 Å². The molecule has 1 heterocycles. The maximum absolute atomic E-state index is 13.1. The highest BCUT2D eigenvalue weighted by Crippen LogP contribution is 2.29. The lowest BCUT2D eigenvalue weighted by molar-refractivity contribution is -0.156. The Morgan fingerprint density at radius 3 is 2.69 bits per heavy atom. The van der Waals surface area contributed by atoms with Crippen LogP contribution in [0, 0.1) is 5.82 Å². The van der Waals surface area contributed by atoms with Crippen molar-refractivity contribution in [2.45, 2.75) is 26.6 Å². The molecule has 1 atom stereocenters. The zero-order valence-corrected chi connectivity index (χ0v) is 15.3. The van der Waals surface area contributed by atoms with Gasteiger partial charge in [0, 0.05) is 12.3 Å². The fourth-order valence-electron chi connectivity index (χ4n) is 2.03. The number of thiazole rings is 1. The van der Waals surface area contributed by atoms with E-state index in [0.29, 0.717) is 16.5 Å². The molecule has 0 fully saturated rings. The molecule has 138 valence electrons. The summed E-state index contributed by atoms with van der Waals surface area (Å²) in [5.74, 6) is -1.17. The Balaban J connectivity index is 2.05. The number of hydrogen-bond acceptors (Lipinski definition) is 6. The Labute approximate surface area is 154 Å². The summed E-state index contributed by atoms with van der Waals surface area (Å²) in [6.45, 7) is 6.71. The molecule has 1 aromatic heterocycles. The summed E-state index contributed by atoms with van der Waals surface area (Å²) >= 11 is 1.22. The number of carbonyl (C=O) groups excluding carboxylic acids is 2. The van der Waals surface area contributed by atoms with Gasteiger partial charge < -0.3 is 9.47 Å². The molecule has 0 bridgehead atoms. The number of nitrogens with zero attached hydrogens (tertiary/aromatic N) is 2. The van der Waals surface area contributed by atoms with Crippen molar-refractivity contribution in [1.29, 1.82) is 0 Å². The molecule has 1 amide bonds. The maximum atomic E-state index is 13.1. The third-order valence-corrected chi connectivity index (χ3v) is 4.16. The van der Waals surface area contributed by atoms with E-state index in [0.717, 1.165) is 0 Å². The third-order valence-electron chi connectivity index (χ3n) is 3.29. The van der Waals surface area contributed by atoms with Crippen LogP contribution in [0.25, 0.3) is 0 Å². The first-order valence-electron chi connectivity index (χ1n) is 7.82. The number of esters is 1. The largest absolute Gasteiger partial charge is 0.457 e. The molecular formula is C18H19FN2O4S. The minimum absolute atomic E-state index is 0.0354. The minimum atomic E-state index is -0.709. The number of anilines is 2. The summed E-state index contributed by atoms with van der Waals surface area (Å²) in [7, 11) is 0. The normalized spacial score (nSPS) is 11.7. The van der Waals surface area contributed by atoms with Crippen LogP contribution in [0.2, 0.25) is 0 Å². The van der Waals surface area contributed by atoms with E-state index < -0.39 is 17.9 Å². The van der Waals surface area contributed by atoms with Crippen molar-refractivity contribution >= 4 is 34.0 Å². The number of hydrogen-bond donors (Lipinski definition) is 0. The summed E-state index contributed by atoms with van der Waals surface area (Å²) in [5.41, 5.74) is 1.01. The van der Waals surface area contributed by atoms with Gasteiger partial charge in [-0.25, -0.2) is 14.2 Å². The molecule has 2 rings (SSSR count). The summed E-state index contributed by atoms with van der Waals surface area (Å²) in [6.07, 6.45) is 0.835. The molecular weight excluding hydrogens is 359 g/mol. The Morgan fingerprint density at radius 2 is 2.08 bits per heavy atom. The summed E-state index contributed by atoms with van der Waals surface area (Å²) in [4.78, 5) is 29.5. The molecule has 8 heteroatoms. The van der Waals surface area contributed by atoms with Crippen molar-refractivity contribution < 1.29 is 23.5 Å². The predicted octanol–water partition coefficient (Wildman–Crippen LogP) is 3.60. The van der Waals surface area contributed by atoms with Crippen LogP contribution in [0.1, 0.15) is 19.5 Å². The third kappa shape index (κ3) is 5.21. The van der Waals surface area contributed by atoms with E-state index in [2.05, 4.69) is 11.6 Å². The number of rotatable bonds is 8. The van der Waals surface area contributed by atoms with Crippen molar-refractivity contribution in [3.8, 4) is 0 Å². The molecule has 6 nitrogen and oxygen atoms in total. The topological polar surface area (TPSA) is 68.7 Å². The van der Waals surface area contributed by atoms with Crippen LogP contribution in [0.4, 0.5) is 15.2 Å². The fraction of sp³-hybridized carbons (Fsp3) is 0.278. The lowest BCUT2D eigenvalue weighted by atomic mass is 10.3. The standard InChI is InChI=1S/C18H19FN2O4S/c1-4-9-24-12(2)17(23)25-10-15-11-26-18(20-15)21(13(3)22)16-7-5-14(19)6-8-16/h4-8,11-12H,1,9-10H2,2-3H3. The first kappa shape index (κ1) is 19.7. The molecule has 0 aliphatic rings. The minimum Gasteiger partial charge on any atom is -0.457 e. The second-order valence-corrected chi connectivity index (χ2v) is 6.16. The lowest BCUT2D eigenvalue weighted by Crippen LogP contribution is -2.24. The molecule has 0 spiro atoms. The molecule has 0 N–H and O–H groups in total. The summed E-state index contributed by atoms with van der Waals surface area (Å²) in [5, 5.41) is 2.10. The highest BCUT2D eigenvalue weighted by molar-refractivity contribution is 7.14. The van der Waals surface area contributed by atoms with Gasteiger partial charge in [-0.3, -0.25) is 9.69 Å². The van der Waals surface area contributed by atoms with Gasteiger partial charge in [0.15, 0.2) is 11.2 Å². The first-order chi connectivity index (χ1) is 12.4. The molecule has 1 aromatic carbocycles. The van der Waals surface area contributed by atoms with Gasteiger partial charge in [-0.2, -0.15) is 0 Å². The van der Waals surface area contributed by atoms with Gasteiger partial charge in [0.1, 0.15) is 12.4 Å². The van der Waals surface area contributed by atoms with Gasteiger partial charge in [-0.15, -0.1) is 17.9 Å². The number of carbonyl (C=O) groups is 2. The van der Waals surface area contributed by atoms with E-state index >= 15 is 0 Å². The highest BCUT2D eigenvalue weighted by Gasteiger charge is 2.19. The number of aromatic nitrogens is 1. The molecule has 0 aliphatic heterocycles. The van der Waals surface area contributed by atoms with Crippen LogP contribution >= 0.6 is 11.3 Å². The molecule has 1 unspecified atom stereocenters. The Bertz CT molecular complexity index is 776. The van der Waals surface area contributed by atoms with Crippen molar-refractivity contribution in [3.05, 3.63) is 53.8 Å². The SMILES string of the molecule is C=CCOC(C)C(=O)OCc1csc(N(C(C)=O)c2ccc(F)cc2)n1. The molecule has 0 aliphatic carbocycles. The monoisotopic (exact) mass is 378 g/mol. The van der Waals surface area contributed by atoms with E-state index in [9.17, 15) is 14.0 Å². The average Bonchev–Trinajstić information content (AvgIpc) is 3.07. The van der Waals surface area contributed by atoms with Crippen LogP contribution in [0.3, 0.4) is 0 Å². The number of ether oxygens (including phenoxy) is 2. The first-order valence-corrected chi connectivity index (χ1v) is 8.70.